The van der Waals surface area contributed by atoms with Gasteiger partial charge in [0, 0.05) is 7.11 Å². The number of hydrogen-bond acceptors (Lipinski definition) is 2. The molecule has 56 valence electrons. The number of nitrogens with one attached hydrogen (secondary N) is 1. The third-order valence-electron chi connectivity index (χ3n) is 1.12. The summed E-state index contributed by atoms with van der Waals surface area (Å²) in [5.74, 6) is 0.469. The Bertz CT molecular complexity index is 199. The molecule has 1 heterocycles. The van der Waals surface area contributed by atoms with Gasteiger partial charge in [0.15, 0.2) is 0 Å². The summed E-state index contributed by atoms with van der Waals surface area (Å²) in [5.41, 5.74) is 1.81. The molecule has 0 amide bonds. The SMILES string of the molecule is COCc1cc(CCl)[nH]n1. The van der Waals surface area contributed by atoms with Crippen LogP contribution < -0.4 is 0 Å². The van der Waals surface area contributed by atoms with E-state index in [1.807, 2.05) is 6.07 Å². The lowest BCUT2D eigenvalue weighted by Crippen LogP contribution is -1.85. The van der Waals surface area contributed by atoms with Crippen LogP contribution in [0.4, 0.5) is 0 Å². The fraction of sp³-hybridized carbons (Fsp3) is 0.500. The Morgan fingerprint density at radius 2 is 2.60 bits per heavy atom. The van der Waals surface area contributed by atoms with Crippen LogP contribution in [-0.2, 0) is 17.2 Å². The smallest absolute Gasteiger partial charge is 0.0902 e. The predicted octanol–water partition coefficient (Wildman–Crippen LogP) is 1.29. The van der Waals surface area contributed by atoms with Crippen LogP contribution in [0.3, 0.4) is 0 Å². The van der Waals surface area contributed by atoms with Crippen molar-refractivity contribution in [2.75, 3.05) is 7.11 Å². The largest absolute Gasteiger partial charge is 0.378 e. The molecule has 0 spiro atoms. The highest BCUT2D eigenvalue weighted by Gasteiger charge is 1.97. The van der Waals surface area contributed by atoms with E-state index in [2.05, 4.69) is 10.2 Å². The van der Waals surface area contributed by atoms with Crippen molar-refractivity contribution in [2.24, 2.45) is 0 Å². The highest BCUT2D eigenvalue weighted by atomic mass is 35.5. The van der Waals surface area contributed by atoms with E-state index >= 15 is 0 Å². The van der Waals surface area contributed by atoms with Crippen molar-refractivity contribution in [3.05, 3.63) is 17.5 Å². The van der Waals surface area contributed by atoms with Gasteiger partial charge in [-0.2, -0.15) is 5.10 Å². The summed E-state index contributed by atoms with van der Waals surface area (Å²) in [4.78, 5) is 0. The standard InChI is InChI=1S/C6H9ClN2O/c1-10-4-6-2-5(3-7)8-9-6/h2H,3-4H2,1H3,(H,8,9). The summed E-state index contributed by atoms with van der Waals surface area (Å²) < 4.78 is 4.86. The third-order valence-corrected chi connectivity index (χ3v) is 1.41. The highest BCUT2D eigenvalue weighted by Crippen LogP contribution is 2.02. The van der Waals surface area contributed by atoms with E-state index in [1.165, 1.54) is 0 Å². The number of ether oxygens (including phenoxy) is 1. The zero-order valence-corrected chi connectivity index (χ0v) is 6.48. The third kappa shape index (κ3) is 1.72. The van der Waals surface area contributed by atoms with E-state index in [-0.39, 0.29) is 0 Å². The van der Waals surface area contributed by atoms with Crippen LogP contribution in [0.5, 0.6) is 0 Å². The molecule has 0 aliphatic carbocycles. The van der Waals surface area contributed by atoms with Crippen LogP contribution in [0, 0.1) is 0 Å². The molecular formula is C6H9ClN2O. The minimum Gasteiger partial charge on any atom is -0.378 e. The molecule has 0 saturated heterocycles. The Labute approximate surface area is 64.3 Å². The summed E-state index contributed by atoms with van der Waals surface area (Å²) in [7, 11) is 1.63. The van der Waals surface area contributed by atoms with Crippen LogP contribution in [0.2, 0.25) is 0 Å². The summed E-state index contributed by atoms with van der Waals surface area (Å²) in [6.45, 7) is 0.535. The van der Waals surface area contributed by atoms with Crippen LogP contribution in [0.15, 0.2) is 6.07 Å². The maximum atomic E-state index is 5.53. The molecule has 3 nitrogen and oxygen atoms in total. The van der Waals surface area contributed by atoms with Crippen molar-refractivity contribution in [2.45, 2.75) is 12.5 Å². The van der Waals surface area contributed by atoms with Gasteiger partial charge in [-0.15, -0.1) is 11.6 Å². The molecule has 1 aromatic heterocycles. The second-order valence-corrected chi connectivity index (χ2v) is 2.22. The fourth-order valence-electron chi connectivity index (χ4n) is 0.700. The fourth-order valence-corrected chi connectivity index (χ4v) is 0.836. The maximum Gasteiger partial charge on any atom is 0.0902 e. The minimum atomic E-state index is 0.469. The number of aromatic amines is 1. The first kappa shape index (κ1) is 7.57. The highest BCUT2D eigenvalue weighted by molar-refractivity contribution is 6.16. The minimum absolute atomic E-state index is 0.469. The lowest BCUT2D eigenvalue weighted by Gasteiger charge is -1.88. The van der Waals surface area contributed by atoms with Gasteiger partial charge in [0.25, 0.3) is 0 Å². The molecule has 0 fully saturated rings. The van der Waals surface area contributed by atoms with E-state index in [4.69, 9.17) is 16.3 Å². The number of nitrogens with zero attached hydrogens (tertiary/aromatic N) is 1. The average Bonchev–Trinajstić information content (AvgIpc) is 2.37. The Balaban J connectivity index is 2.59. The van der Waals surface area contributed by atoms with E-state index in [9.17, 15) is 0 Å². The number of methoxy groups -OCH3 is 1. The van der Waals surface area contributed by atoms with Crippen molar-refractivity contribution >= 4 is 11.6 Å². The average molecular weight is 161 g/mol. The normalized spacial score (nSPS) is 10.2. The molecule has 1 aromatic rings. The molecule has 4 heteroatoms. The molecule has 0 aliphatic rings. The van der Waals surface area contributed by atoms with E-state index in [0.29, 0.717) is 12.5 Å². The first-order valence-electron chi connectivity index (χ1n) is 2.95. The quantitative estimate of drug-likeness (QED) is 0.677. The number of alkyl halides is 1. The topological polar surface area (TPSA) is 37.9 Å². The van der Waals surface area contributed by atoms with Crippen LogP contribution in [0.1, 0.15) is 11.4 Å². The van der Waals surface area contributed by atoms with Gasteiger partial charge in [-0.25, -0.2) is 0 Å². The van der Waals surface area contributed by atoms with Crippen LogP contribution in [0.25, 0.3) is 0 Å². The van der Waals surface area contributed by atoms with Gasteiger partial charge in [-0.05, 0) is 6.07 Å². The summed E-state index contributed by atoms with van der Waals surface area (Å²) in [6, 6.07) is 1.89. The number of rotatable bonds is 3. The second kappa shape index (κ2) is 3.58. The molecule has 0 aliphatic heterocycles. The molecule has 1 rings (SSSR count). The molecule has 10 heavy (non-hydrogen) atoms. The monoisotopic (exact) mass is 160 g/mol. The molecule has 0 saturated carbocycles. The van der Waals surface area contributed by atoms with Crippen molar-refractivity contribution < 1.29 is 4.74 Å². The Hall–Kier alpha value is -0.540. The van der Waals surface area contributed by atoms with Gasteiger partial charge >= 0.3 is 0 Å². The predicted molar refractivity (Wildman–Crippen MR) is 38.9 cm³/mol. The van der Waals surface area contributed by atoms with Gasteiger partial charge in [-0.1, -0.05) is 0 Å². The first-order chi connectivity index (χ1) is 4.86. The molecular weight excluding hydrogens is 152 g/mol. The van der Waals surface area contributed by atoms with E-state index in [0.717, 1.165) is 11.4 Å². The Kier molecular flexibility index (Phi) is 2.71. The lowest BCUT2D eigenvalue weighted by molar-refractivity contribution is 0.181. The Morgan fingerprint density at radius 3 is 3.10 bits per heavy atom. The summed E-state index contributed by atoms with van der Waals surface area (Å²) in [6.07, 6.45) is 0. The van der Waals surface area contributed by atoms with Crippen molar-refractivity contribution in [3.8, 4) is 0 Å². The Morgan fingerprint density at radius 1 is 1.80 bits per heavy atom. The second-order valence-electron chi connectivity index (χ2n) is 1.95. The zero-order chi connectivity index (χ0) is 7.40. The summed E-state index contributed by atoms with van der Waals surface area (Å²) >= 11 is 5.53. The van der Waals surface area contributed by atoms with Crippen molar-refractivity contribution in [1.82, 2.24) is 10.2 Å². The van der Waals surface area contributed by atoms with Gasteiger partial charge in [0.1, 0.15) is 0 Å². The molecule has 0 unspecified atom stereocenters. The molecule has 0 radical (unpaired) electrons. The van der Waals surface area contributed by atoms with Crippen LogP contribution in [-0.4, -0.2) is 17.3 Å². The zero-order valence-electron chi connectivity index (χ0n) is 5.72. The van der Waals surface area contributed by atoms with Crippen LogP contribution >= 0.6 is 11.6 Å². The van der Waals surface area contributed by atoms with Gasteiger partial charge in [0.2, 0.25) is 0 Å². The van der Waals surface area contributed by atoms with E-state index < -0.39 is 0 Å². The van der Waals surface area contributed by atoms with Crippen molar-refractivity contribution in [3.63, 3.8) is 0 Å². The molecule has 0 atom stereocenters. The molecule has 0 aromatic carbocycles. The molecule has 1 N–H and O–H groups in total. The van der Waals surface area contributed by atoms with Gasteiger partial charge in [-0.3, -0.25) is 5.10 Å². The van der Waals surface area contributed by atoms with Crippen molar-refractivity contribution in [1.29, 1.82) is 0 Å². The number of H-pyrrole nitrogens is 1. The number of hydrogen-bond donors (Lipinski definition) is 1. The first-order valence-corrected chi connectivity index (χ1v) is 3.48. The lowest BCUT2D eigenvalue weighted by atomic mass is 10.4. The van der Waals surface area contributed by atoms with E-state index in [1.54, 1.807) is 7.11 Å². The molecule has 0 bridgehead atoms. The van der Waals surface area contributed by atoms with Gasteiger partial charge < -0.3 is 4.74 Å². The van der Waals surface area contributed by atoms with Gasteiger partial charge in [0.05, 0.1) is 23.9 Å². The summed E-state index contributed by atoms with van der Waals surface area (Å²) in [5, 5.41) is 6.72. The number of aromatic nitrogens is 2. The number of halogens is 1. The maximum absolute atomic E-state index is 5.53.